The van der Waals surface area contributed by atoms with Crippen LogP contribution in [0, 0.1) is 0 Å². The molecule has 0 saturated carbocycles. The van der Waals surface area contributed by atoms with Crippen LogP contribution < -0.4 is 0 Å². The van der Waals surface area contributed by atoms with E-state index in [9.17, 15) is 9.90 Å². The molecule has 1 heterocycles. The molecule has 0 radical (unpaired) electrons. The number of carbonyl (C=O) groups is 1. The molecule has 1 N–H and O–H groups in total. The van der Waals surface area contributed by atoms with E-state index in [-0.39, 0.29) is 5.56 Å². The molecule has 0 aliphatic heterocycles. The number of halogens is 1. The largest absolute Gasteiger partial charge is 0.478 e. The van der Waals surface area contributed by atoms with Crippen LogP contribution in [-0.2, 0) is 6.42 Å². The average Bonchev–Trinajstić information content (AvgIpc) is 2.72. The highest BCUT2D eigenvalue weighted by molar-refractivity contribution is 6.30. The van der Waals surface area contributed by atoms with Crippen LogP contribution in [0.2, 0.25) is 5.02 Å². The van der Waals surface area contributed by atoms with Crippen molar-refractivity contribution >= 4 is 17.6 Å². The first-order chi connectivity index (χ1) is 8.13. The van der Waals surface area contributed by atoms with Crippen LogP contribution >= 0.6 is 11.6 Å². The molecule has 1 aromatic carbocycles. The van der Waals surface area contributed by atoms with Crippen molar-refractivity contribution in [1.29, 1.82) is 0 Å². The highest BCUT2D eigenvalue weighted by Crippen LogP contribution is 2.30. The van der Waals surface area contributed by atoms with E-state index in [1.807, 2.05) is 6.92 Å². The molecular weight excluding hydrogens is 240 g/mol. The van der Waals surface area contributed by atoms with Crippen molar-refractivity contribution in [2.24, 2.45) is 0 Å². The highest BCUT2D eigenvalue weighted by Gasteiger charge is 2.20. The van der Waals surface area contributed by atoms with Gasteiger partial charge in [-0.2, -0.15) is 0 Å². The molecule has 88 valence electrons. The van der Waals surface area contributed by atoms with Crippen molar-refractivity contribution in [3.63, 3.8) is 0 Å². The van der Waals surface area contributed by atoms with Crippen LogP contribution in [0.5, 0.6) is 0 Å². The average molecular weight is 251 g/mol. The maximum Gasteiger partial charge on any atom is 0.339 e. The molecule has 0 aliphatic carbocycles. The summed E-state index contributed by atoms with van der Waals surface area (Å²) >= 11 is 5.88. The lowest BCUT2D eigenvalue weighted by molar-refractivity contribution is 0.0696. The second-order valence-electron chi connectivity index (χ2n) is 3.63. The number of rotatable bonds is 3. The molecule has 0 bridgehead atoms. The van der Waals surface area contributed by atoms with Crippen LogP contribution in [0.4, 0.5) is 0 Å². The molecule has 0 saturated heterocycles. The van der Waals surface area contributed by atoms with E-state index in [0.29, 0.717) is 28.3 Å². The summed E-state index contributed by atoms with van der Waals surface area (Å²) in [6.07, 6.45) is 2.10. The van der Waals surface area contributed by atoms with Gasteiger partial charge >= 0.3 is 5.97 Å². The third-order valence-corrected chi connectivity index (χ3v) is 2.78. The lowest BCUT2D eigenvalue weighted by Gasteiger charge is -2.01. The SMILES string of the molecule is CCc1coc(-c2cccc(Cl)c2)c1C(=O)O. The number of hydrogen-bond acceptors (Lipinski definition) is 2. The standard InChI is InChI=1S/C13H11ClO3/c1-2-8-7-17-12(11(8)13(15)16)9-4-3-5-10(14)6-9/h3-7H,2H2,1H3,(H,15,16). The predicted molar refractivity (Wildman–Crippen MR) is 65.5 cm³/mol. The van der Waals surface area contributed by atoms with Crippen molar-refractivity contribution in [3.05, 3.63) is 46.7 Å². The summed E-state index contributed by atoms with van der Waals surface area (Å²) in [5.74, 6) is -0.623. The topological polar surface area (TPSA) is 50.4 Å². The fourth-order valence-electron chi connectivity index (χ4n) is 1.73. The zero-order valence-electron chi connectivity index (χ0n) is 9.24. The Bertz CT molecular complexity index is 558. The number of benzene rings is 1. The number of aryl methyl sites for hydroxylation is 1. The van der Waals surface area contributed by atoms with Crippen molar-refractivity contribution < 1.29 is 14.3 Å². The summed E-state index contributed by atoms with van der Waals surface area (Å²) < 4.78 is 5.35. The molecule has 0 aliphatic rings. The molecule has 17 heavy (non-hydrogen) atoms. The maximum atomic E-state index is 11.2. The van der Waals surface area contributed by atoms with Crippen LogP contribution in [0.15, 0.2) is 34.9 Å². The van der Waals surface area contributed by atoms with Gasteiger partial charge in [0.1, 0.15) is 11.3 Å². The summed E-state index contributed by atoms with van der Waals surface area (Å²) in [6, 6.07) is 6.95. The number of carboxylic acid groups (broad SMARTS) is 1. The van der Waals surface area contributed by atoms with E-state index in [0.717, 1.165) is 0 Å². The van der Waals surface area contributed by atoms with Gasteiger partial charge in [-0.25, -0.2) is 4.79 Å². The normalized spacial score (nSPS) is 10.5. The first-order valence-corrected chi connectivity index (χ1v) is 5.61. The second-order valence-corrected chi connectivity index (χ2v) is 4.07. The number of hydrogen-bond donors (Lipinski definition) is 1. The smallest absolute Gasteiger partial charge is 0.339 e. The zero-order valence-corrected chi connectivity index (χ0v) is 9.99. The fourth-order valence-corrected chi connectivity index (χ4v) is 1.92. The van der Waals surface area contributed by atoms with Crippen molar-refractivity contribution in [3.8, 4) is 11.3 Å². The maximum absolute atomic E-state index is 11.2. The van der Waals surface area contributed by atoms with E-state index in [2.05, 4.69) is 0 Å². The Morgan fingerprint density at radius 1 is 1.47 bits per heavy atom. The van der Waals surface area contributed by atoms with Gasteiger partial charge in [-0.3, -0.25) is 0 Å². The van der Waals surface area contributed by atoms with Crippen molar-refractivity contribution in [1.82, 2.24) is 0 Å². The first kappa shape index (κ1) is 11.7. The molecule has 2 rings (SSSR count). The fraction of sp³-hybridized carbons (Fsp3) is 0.154. The molecule has 3 nitrogen and oxygen atoms in total. The van der Waals surface area contributed by atoms with Gasteiger partial charge in [-0.15, -0.1) is 0 Å². The van der Waals surface area contributed by atoms with Crippen LogP contribution in [0.25, 0.3) is 11.3 Å². The van der Waals surface area contributed by atoms with Gasteiger partial charge in [0.05, 0.1) is 6.26 Å². The minimum Gasteiger partial charge on any atom is -0.478 e. The third kappa shape index (κ3) is 2.19. The molecule has 0 spiro atoms. The quantitative estimate of drug-likeness (QED) is 0.900. The Kier molecular flexibility index (Phi) is 3.20. The molecular formula is C13H11ClO3. The molecule has 1 aromatic heterocycles. The molecule has 0 fully saturated rings. The molecule has 4 heteroatoms. The Balaban J connectivity index is 2.60. The minimum atomic E-state index is -0.981. The number of aromatic carboxylic acids is 1. The Hall–Kier alpha value is -1.74. The van der Waals surface area contributed by atoms with Gasteiger partial charge in [-0.1, -0.05) is 30.7 Å². The number of carboxylic acids is 1. The number of furan rings is 1. The third-order valence-electron chi connectivity index (χ3n) is 2.55. The van der Waals surface area contributed by atoms with Crippen LogP contribution in [-0.4, -0.2) is 11.1 Å². The van der Waals surface area contributed by atoms with E-state index in [1.54, 1.807) is 24.3 Å². The van der Waals surface area contributed by atoms with Gasteiger partial charge in [-0.05, 0) is 18.6 Å². The van der Waals surface area contributed by atoms with Crippen molar-refractivity contribution in [2.45, 2.75) is 13.3 Å². The minimum absolute atomic E-state index is 0.217. The molecule has 0 amide bonds. The Morgan fingerprint density at radius 3 is 2.82 bits per heavy atom. The van der Waals surface area contributed by atoms with E-state index >= 15 is 0 Å². The summed E-state index contributed by atoms with van der Waals surface area (Å²) in [5, 5.41) is 9.75. The molecule has 0 atom stereocenters. The summed E-state index contributed by atoms with van der Waals surface area (Å²) in [5.41, 5.74) is 1.58. The van der Waals surface area contributed by atoms with E-state index < -0.39 is 5.97 Å². The van der Waals surface area contributed by atoms with Crippen LogP contribution in [0.3, 0.4) is 0 Å². The van der Waals surface area contributed by atoms with Crippen molar-refractivity contribution in [2.75, 3.05) is 0 Å². The second kappa shape index (κ2) is 4.63. The zero-order chi connectivity index (χ0) is 12.4. The lowest BCUT2D eigenvalue weighted by atomic mass is 10.0. The van der Waals surface area contributed by atoms with Gasteiger partial charge in [0, 0.05) is 16.1 Å². The summed E-state index contributed by atoms with van der Waals surface area (Å²) in [4.78, 5) is 11.2. The van der Waals surface area contributed by atoms with Gasteiger partial charge in [0.2, 0.25) is 0 Å². The summed E-state index contributed by atoms with van der Waals surface area (Å²) in [6.45, 7) is 1.89. The lowest BCUT2D eigenvalue weighted by Crippen LogP contribution is -2.00. The summed E-state index contributed by atoms with van der Waals surface area (Å²) in [7, 11) is 0. The van der Waals surface area contributed by atoms with Gasteiger partial charge < -0.3 is 9.52 Å². The van der Waals surface area contributed by atoms with Gasteiger partial charge in [0.15, 0.2) is 0 Å². The molecule has 2 aromatic rings. The Morgan fingerprint density at radius 2 is 2.24 bits per heavy atom. The first-order valence-electron chi connectivity index (χ1n) is 5.23. The van der Waals surface area contributed by atoms with Crippen LogP contribution in [0.1, 0.15) is 22.8 Å². The van der Waals surface area contributed by atoms with Gasteiger partial charge in [0.25, 0.3) is 0 Å². The highest BCUT2D eigenvalue weighted by atomic mass is 35.5. The van der Waals surface area contributed by atoms with E-state index in [1.165, 1.54) is 6.26 Å². The predicted octanol–water partition coefficient (Wildman–Crippen LogP) is 3.86. The monoisotopic (exact) mass is 250 g/mol. The Labute approximate surface area is 104 Å². The molecule has 0 unspecified atom stereocenters. The van der Waals surface area contributed by atoms with E-state index in [4.69, 9.17) is 16.0 Å².